The maximum absolute atomic E-state index is 12.4. The Morgan fingerprint density at radius 3 is 2.70 bits per heavy atom. The molecule has 1 fully saturated rings. The molecule has 122 valence electrons. The monoisotopic (exact) mass is 378 g/mol. The van der Waals surface area contributed by atoms with Gasteiger partial charge in [-0.25, -0.2) is 0 Å². The van der Waals surface area contributed by atoms with Crippen molar-refractivity contribution in [2.75, 3.05) is 32.8 Å². The van der Waals surface area contributed by atoms with Crippen LogP contribution >= 0.6 is 15.9 Å². The highest BCUT2D eigenvalue weighted by atomic mass is 79.9. The van der Waals surface area contributed by atoms with Gasteiger partial charge in [0.2, 0.25) is 0 Å². The number of rotatable bonds is 5. The van der Waals surface area contributed by atoms with E-state index < -0.39 is 0 Å². The smallest absolute Gasteiger partial charge is 0.252 e. The second kappa shape index (κ2) is 7.77. The van der Waals surface area contributed by atoms with Crippen LogP contribution in [-0.2, 0) is 4.74 Å². The van der Waals surface area contributed by atoms with Crippen molar-refractivity contribution in [2.45, 2.75) is 6.04 Å². The van der Waals surface area contributed by atoms with Gasteiger partial charge in [-0.3, -0.25) is 9.69 Å². The lowest BCUT2D eigenvalue weighted by molar-refractivity contribution is 0.0118. The van der Waals surface area contributed by atoms with Crippen molar-refractivity contribution in [3.8, 4) is 0 Å². The quantitative estimate of drug-likeness (QED) is 0.868. The summed E-state index contributed by atoms with van der Waals surface area (Å²) in [5.41, 5.74) is 0.632. The van der Waals surface area contributed by atoms with E-state index in [0.29, 0.717) is 25.3 Å². The maximum Gasteiger partial charge on any atom is 0.252 e. The van der Waals surface area contributed by atoms with E-state index in [4.69, 9.17) is 9.15 Å². The number of halogens is 1. The molecule has 6 heteroatoms. The Kier molecular flexibility index (Phi) is 5.48. The van der Waals surface area contributed by atoms with Gasteiger partial charge >= 0.3 is 0 Å². The average molecular weight is 379 g/mol. The van der Waals surface area contributed by atoms with Crippen molar-refractivity contribution in [1.29, 1.82) is 0 Å². The number of amides is 1. The predicted octanol–water partition coefficient (Wildman–Crippen LogP) is 2.85. The van der Waals surface area contributed by atoms with Crippen LogP contribution in [0, 0.1) is 0 Å². The number of carbonyl (C=O) groups is 1. The molecule has 1 amide bonds. The molecule has 1 N–H and O–H groups in total. The van der Waals surface area contributed by atoms with E-state index in [2.05, 4.69) is 26.1 Å². The maximum atomic E-state index is 12.4. The van der Waals surface area contributed by atoms with Crippen LogP contribution in [0.15, 0.2) is 51.6 Å². The minimum Gasteiger partial charge on any atom is -0.468 e. The third kappa shape index (κ3) is 4.02. The van der Waals surface area contributed by atoms with Gasteiger partial charge in [-0.2, -0.15) is 0 Å². The molecule has 2 heterocycles. The number of ether oxygens (including phenoxy) is 1. The van der Waals surface area contributed by atoms with E-state index in [-0.39, 0.29) is 11.9 Å². The standard InChI is InChI=1S/C17H19BrN2O3/c18-14-5-2-1-4-13(14)17(21)19-12-15(16-6-3-9-23-16)20-7-10-22-11-8-20/h1-6,9,15H,7-8,10-12H2,(H,19,21). The molecule has 1 aliphatic rings. The summed E-state index contributed by atoms with van der Waals surface area (Å²) in [6, 6.07) is 11.2. The number of furan rings is 1. The number of nitrogens with one attached hydrogen (secondary N) is 1. The fraction of sp³-hybridized carbons (Fsp3) is 0.353. The summed E-state index contributed by atoms with van der Waals surface area (Å²) in [5, 5.41) is 3.01. The van der Waals surface area contributed by atoms with Crippen LogP contribution < -0.4 is 5.32 Å². The number of carbonyl (C=O) groups excluding carboxylic acids is 1. The van der Waals surface area contributed by atoms with Gasteiger partial charge in [-0.05, 0) is 40.2 Å². The summed E-state index contributed by atoms with van der Waals surface area (Å²) in [6.07, 6.45) is 1.67. The van der Waals surface area contributed by atoms with Crippen LogP contribution in [0.25, 0.3) is 0 Å². The molecule has 1 aromatic heterocycles. The zero-order valence-electron chi connectivity index (χ0n) is 12.7. The van der Waals surface area contributed by atoms with Gasteiger partial charge in [0.05, 0.1) is 31.1 Å². The average Bonchev–Trinajstić information content (AvgIpc) is 3.10. The molecular formula is C17H19BrN2O3. The van der Waals surface area contributed by atoms with Crippen LogP contribution in [0.2, 0.25) is 0 Å². The molecule has 0 spiro atoms. The first-order valence-electron chi connectivity index (χ1n) is 7.63. The first kappa shape index (κ1) is 16.2. The Bertz CT molecular complexity index is 639. The molecule has 1 unspecified atom stereocenters. The molecule has 0 bridgehead atoms. The van der Waals surface area contributed by atoms with Crippen molar-refractivity contribution >= 4 is 21.8 Å². The van der Waals surface area contributed by atoms with E-state index in [9.17, 15) is 4.79 Å². The number of hydrogen-bond acceptors (Lipinski definition) is 4. The van der Waals surface area contributed by atoms with E-state index in [1.54, 1.807) is 12.3 Å². The third-order valence-corrected chi connectivity index (χ3v) is 4.62. The minimum absolute atomic E-state index is 0.0142. The summed E-state index contributed by atoms with van der Waals surface area (Å²) in [4.78, 5) is 14.7. The van der Waals surface area contributed by atoms with E-state index in [1.165, 1.54) is 0 Å². The zero-order chi connectivity index (χ0) is 16.1. The topological polar surface area (TPSA) is 54.7 Å². The highest BCUT2D eigenvalue weighted by Gasteiger charge is 2.25. The van der Waals surface area contributed by atoms with Crippen molar-refractivity contribution < 1.29 is 13.9 Å². The molecule has 0 aliphatic carbocycles. The molecule has 0 saturated carbocycles. The first-order valence-corrected chi connectivity index (χ1v) is 8.43. The van der Waals surface area contributed by atoms with Gasteiger partial charge in [-0.1, -0.05) is 12.1 Å². The van der Waals surface area contributed by atoms with Crippen LogP contribution in [0.5, 0.6) is 0 Å². The zero-order valence-corrected chi connectivity index (χ0v) is 14.3. The summed E-state index contributed by atoms with van der Waals surface area (Å²) in [7, 11) is 0. The fourth-order valence-corrected chi connectivity index (χ4v) is 3.17. The normalized spacial score (nSPS) is 16.9. The lowest BCUT2D eigenvalue weighted by atomic mass is 10.1. The van der Waals surface area contributed by atoms with Crippen LogP contribution in [0.1, 0.15) is 22.2 Å². The van der Waals surface area contributed by atoms with Crippen molar-refractivity contribution in [3.05, 3.63) is 58.5 Å². The highest BCUT2D eigenvalue weighted by Crippen LogP contribution is 2.22. The molecule has 23 heavy (non-hydrogen) atoms. The number of benzene rings is 1. The Morgan fingerprint density at radius 2 is 2.00 bits per heavy atom. The van der Waals surface area contributed by atoms with E-state index in [1.807, 2.05) is 30.3 Å². The lowest BCUT2D eigenvalue weighted by Crippen LogP contribution is -2.43. The second-order valence-corrected chi connectivity index (χ2v) is 6.22. The Morgan fingerprint density at radius 1 is 1.22 bits per heavy atom. The molecule has 0 radical (unpaired) electrons. The van der Waals surface area contributed by atoms with Crippen molar-refractivity contribution in [3.63, 3.8) is 0 Å². The lowest BCUT2D eigenvalue weighted by Gasteiger charge is -2.33. The van der Waals surface area contributed by atoms with Gasteiger partial charge < -0.3 is 14.5 Å². The molecule has 5 nitrogen and oxygen atoms in total. The fourth-order valence-electron chi connectivity index (χ4n) is 2.71. The summed E-state index contributed by atoms with van der Waals surface area (Å²) in [5.74, 6) is 0.765. The van der Waals surface area contributed by atoms with Gasteiger partial charge in [0.15, 0.2) is 0 Å². The summed E-state index contributed by atoms with van der Waals surface area (Å²) >= 11 is 3.41. The van der Waals surface area contributed by atoms with Gasteiger partial charge in [0.25, 0.3) is 5.91 Å². The number of morpholine rings is 1. The molecule has 1 aromatic carbocycles. The summed E-state index contributed by atoms with van der Waals surface area (Å²) in [6.45, 7) is 3.56. The Balaban J connectivity index is 1.69. The van der Waals surface area contributed by atoms with Crippen molar-refractivity contribution in [2.24, 2.45) is 0 Å². The SMILES string of the molecule is O=C(NCC(c1ccco1)N1CCOCC1)c1ccccc1Br. The van der Waals surface area contributed by atoms with E-state index >= 15 is 0 Å². The highest BCUT2D eigenvalue weighted by molar-refractivity contribution is 9.10. The van der Waals surface area contributed by atoms with E-state index in [0.717, 1.165) is 23.3 Å². The van der Waals surface area contributed by atoms with Crippen LogP contribution in [-0.4, -0.2) is 43.7 Å². The predicted molar refractivity (Wildman–Crippen MR) is 90.3 cm³/mol. The number of nitrogens with zero attached hydrogens (tertiary/aromatic N) is 1. The molecule has 1 aliphatic heterocycles. The Hall–Kier alpha value is -1.63. The van der Waals surface area contributed by atoms with Crippen LogP contribution in [0.3, 0.4) is 0 Å². The largest absolute Gasteiger partial charge is 0.468 e. The first-order chi connectivity index (χ1) is 11.3. The van der Waals surface area contributed by atoms with Crippen molar-refractivity contribution in [1.82, 2.24) is 10.2 Å². The van der Waals surface area contributed by atoms with Gasteiger partial charge in [0.1, 0.15) is 5.76 Å². The molecule has 3 rings (SSSR count). The second-order valence-electron chi connectivity index (χ2n) is 5.37. The van der Waals surface area contributed by atoms with Gasteiger partial charge in [-0.15, -0.1) is 0 Å². The molecule has 2 aromatic rings. The minimum atomic E-state index is -0.0951. The molecule has 1 atom stereocenters. The molecular weight excluding hydrogens is 360 g/mol. The number of hydrogen-bond donors (Lipinski definition) is 1. The summed E-state index contributed by atoms with van der Waals surface area (Å²) < 4.78 is 11.8. The third-order valence-electron chi connectivity index (χ3n) is 3.93. The van der Waals surface area contributed by atoms with Crippen LogP contribution in [0.4, 0.5) is 0 Å². The Labute approximate surface area is 143 Å². The van der Waals surface area contributed by atoms with Gasteiger partial charge in [0, 0.05) is 24.1 Å². The molecule has 1 saturated heterocycles.